The van der Waals surface area contributed by atoms with Crippen LogP contribution < -0.4 is 4.74 Å². The third-order valence-corrected chi connectivity index (χ3v) is 8.91. The van der Waals surface area contributed by atoms with Gasteiger partial charge in [0.1, 0.15) is 11.4 Å². The van der Waals surface area contributed by atoms with Crippen LogP contribution in [0.5, 0.6) is 11.8 Å². The summed E-state index contributed by atoms with van der Waals surface area (Å²) in [7, 11) is 0. The molecule has 0 saturated carbocycles. The molecule has 0 atom stereocenters. The Morgan fingerprint density at radius 3 is 1.87 bits per heavy atom. The lowest BCUT2D eigenvalue weighted by molar-refractivity contribution is 0.437. The Balaban J connectivity index is 1.13. The molecule has 6 aromatic carbocycles. The Morgan fingerprint density at radius 1 is 0.500 bits per heavy atom. The highest BCUT2D eigenvalue weighted by Crippen LogP contribution is 2.38. The molecule has 0 unspecified atom stereocenters. The van der Waals surface area contributed by atoms with Crippen molar-refractivity contribution in [3.63, 3.8) is 0 Å². The van der Waals surface area contributed by atoms with Gasteiger partial charge in [0.2, 0.25) is 0 Å². The third kappa shape index (κ3) is 3.58. The molecule has 0 bridgehead atoms. The van der Waals surface area contributed by atoms with E-state index in [-0.39, 0.29) is 6.01 Å². The van der Waals surface area contributed by atoms with Crippen LogP contribution in [0.15, 0.2) is 150 Å². The summed E-state index contributed by atoms with van der Waals surface area (Å²) < 4.78 is 17.0. The van der Waals surface area contributed by atoms with Crippen LogP contribution in [0.1, 0.15) is 0 Å². The summed E-state index contributed by atoms with van der Waals surface area (Å²) in [5.41, 5.74) is 7.07. The number of furan rings is 1. The first kappa shape index (κ1) is 25.0. The van der Waals surface area contributed by atoms with E-state index in [0.717, 1.165) is 49.7 Å². The van der Waals surface area contributed by atoms with Crippen molar-refractivity contribution >= 4 is 65.6 Å². The molecule has 0 aliphatic heterocycles. The third-order valence-electron chi connectivity index (χ3n) is 8.91. The smallest absolute Gasteiger partial charge is 0.324 e. The molecule has 10 rings (SSSR count). The SMILES string of the molecule is c1ccc2c(c1)oc1c(Oc3nccc(-n4c5ccccc5c5cc(-n6c7ccccc7c7ccccc76)ccc54)n3)cccc12. The van der Waals surface area contributed by atoms with Gasteiger partial charge in [-0.2, -0.15) is 4.98 Å². The molecule has 46 heavy (non-hydrogen) atoms. The molecule has 0 aliphatic carbocycles. The van der Waals surface area contributed by atoms with Crippen LogP contribution in [0.2, 0.25) is 0 Å². The molecule has 0 fully saturated rings. The lowest BCUT2D eigenvalue weighted by Crippen LogP contribution is -2.01. The highest BCUT2D eigenvalue weighted by atomic mass is 16.5. The molecule has 0 N–H and O–H groups in total. The first-order chi connectivity index (χ1) is 22.8. The predicted molar refractivity (Wildman–Crippen MR) is 185 cm³/mol. The second-order valence-corrected chi connectivity index (χ2v) is 11.5. The number of fused-ring (bicyclic) bond motifs is 9. The summed E-state index contributed by atoms with van der Waals surface area (Å²) in [5.74, 6) is 1.29. The van der Waals surface area contributed by atoms with Crippen molar-refractivity contribution in [2.24, 2.45) is 0 Å². The summed E-state index contributed by atoms with van der Waals surface area (Å²) in [6.07, 6.45) is 1.74. The number of hydrogen-bond donors (Lipinski definition) is 0. The minimum absolute atomic E-state index is 0.248. The van der Waals surface area contributed by atoms with Crippen LogP contribution in [0.3, 0.4) is 0 Å². The molecule has 0 saturated heterocycles. The summed E-state index contributed by atoms with van der Waals surface area (Å²) in [6.45, 7) is 0. The zero-order valence-electron chi connectivity index (χ0n) is 24.5. The van der Waals surface area contributed by atoms with E-state index in [0.29, 0.717) is 11.3 Å². The van der Waals surface area contributed by atoms with E-state index in [4.69, 9.17) is 14.1 Å². The summed E-state index contributed by atoms with van der Waals surface area (Å²) in [4.78, 5) is 9.39. The van der Waals surface area contributed by atoms with Crippen molar-refractivity contribution in [2.45, 2.75) is 0 Å². The standard InChI is InChI=1S/C40H24N4O2/c1-5-15-32-26(10-1)27-11-2-6-16-33(27)43(32)25-20-21-35-31(24-25)28-12-3-7-17-34(28)44(35)38-22-23-41-40(42-38)46-37-19-9-14-30-29-13-4-8-18-36(29)45-39(30)37/h1-24H. The van der Waals surface area contributed by atoms with Gasteiger partial charge in [0.15, 0.2) is 11.3 Å². The molecular formula is C40H24N4O2. The largest absolute Gasteiger partial charge is 0.452 e. The minimum atomic E-state index is 0.248. The number of rotatable bonds is 4. The normalized spacial score (nSPS) is 11.9. The number of hydrogen-bond acceptors (Lipinski definition) is 4. The number of benzene rings is 6. The van der Waals surface area contributed by atoms with Crippen molar-refractivity contribution in [1.82, 2.24) is 19.1 Å². The molecule has 0 radical (unpaired) electrons. The topological polar surface area (TPSA) is 58.0 Å². The number of aromatic nitrogens is 4. The van der Waals surface area contributed by atoms with Crippen LogP contribution in [0.25, 0.3) is 77.1 Å². The lowest BCUT2D eigenvalue weighted by atomic mass is 10.1. The number of ether oxygens (including phenoxy) is 1. The Labute approximate surface area is 262 Å². The van der Waals surface area contributed by atoms with Gasteiger partial charge >= 0.3 is 6.01 Å². The van der Waals surface area contributed by atoms with Crippen molar-refractivity contribution < 1.29 is 9.15 Å². The Morgan fingerprint density at radius 2 is 1.11 bits per heavy atom. The van der Waals surface area contributed by atoms with E-state index in [9.17, 15) is 0 Å². The Kier molecular flexibility index (Phi) is 5.19. The van der Waals surface area contributed by atoms with Crippen LogP contribution in [0.4, 0.5) is 0 Å². The van der Waals surface area contributed by atoms with Crippen molar-refractivity contribution in [1.29, 1.82) is 0 Å². The molecule has 4 aromatic heterocycles. The first-order valence-corrected chi connectivity index (χ1v) is 15.3. The second kappa shape index (κ2) is 9.55. The summed E-state index contributed by atoms with van der Waals surface area (Å²) >= 11 is 0. The van der Waals surface area contributed by atoms with E-state index >= 15 is 0 Å². The van der Waals surface area contributed by atoms with Crippen molar-refractivity contribution in [3.8, 4) is 23.3 Å². The van der Waals surface area contributed by atoms with Crippen LogP contribution in [-0.4, -0.2) is 19.1 Å². The van der Waals surface area contributed by atoms with Gasteiger partial charge in [0.25, 0.3) is 0 Å². The van der Waals surface area contributed by atoms with Gasteiger partial charge in [0, 0.05) is 50.3 Å². The molecule has 0 amide bonds. The van der Waals surface area contributed by atoms with Crippen LogP contribution in [-0.2, 0) is 0 Å². The van der Waals surface area contributed by atoms with Gasteiger partial charge in [-0.15, -0.1) is 0 Å². The van der Waals surface area contributed by atoms with E-state index in [1.807, 2.05) is 42.5 Å². The first-order valence-electron chi connectivity index (χ1n) is 15.3. The maximum atomic E-state index is 6.30. The van der Waals surface area contributed by atoms with Crippen LogP contribution in [0, 0.1) is 0 Å². The molecule has 6 nitrogen and oxygen atoms in total. The molecule has 4 heterocycles. The monoisotopic (exact) mass is 592 g/mol. The summed E-state index contributed by atoms with van der Waals surface area (Å²) in [5, 5.41) is 6.81. The highest BCUT2D eigenvalue weighted by molar-refractivity contribution is 6.12. The zero-order valence-corrected chi connectivity index (χ0v) is 24.5. The lowest BCUT2D eigenvalue weighted by Gasteiger charge is -2.10. The van der Waals surface area contributed by atoms with Gasteiger partial charge in [-0.05, 0) is 48.5 Å². The maximum absolute atomic E-state index is 6.30. The summed E-state index contributed by atoms with van der Waals surface area (Å²) in [6, 6.07) is 48.4. The molecule has 10 aromatic rings. The van der Waals surface area contributed by atoms with Gasteiger partial charge in [0.05, 0.1) is 22.1 Å². The quantitative estimate of drug-likeness (QED) is 0.204. The fourth-order valence-electron chi connectivity index (χ4n) is 6.95. The predicted octanol–water partition coefficient (Wildman–Crippen LogP) is 10.4. The highest BCUT2D eigenvalue weighted by Gasteiger charge is 2.18. The molecule has 216 valence electrons. The second-order valence-electron chi connectivity index (χ2n) is 11.5. The Hall–Kier alpha value is -6.40. The minimum Gasteiger partial charge on any atom is -0.452 e. The van der Waals surface area contributed by atoms with E-state index < -0.39 is 0 Å². The molecule has 6 heteroatoms. The van der Waals surface area contributed by atoms with Crippen molar-refractivity contribution in [2.75, 3.05) is 0 Å². The number of nitrogens with zero attached hydrogens (tertiary/aromatic N) is 4. The molecule has 0 aliphatic rings. The van der Waals surface area contributed by atoms with Crippen LogP contribution >= 0.6 is 0 Å². The van der Waals surface area contributed by atoms with Crippen molar-refractivity contribution in [3.05, 3.63) is 146 Å². The van der Waals surface area contributed by atoms with Gasteiger partial charge in [-0.3, -0.25) is 4.57 Å². The maximum Gasteiger partial charge on any atom is 0.324 e. The van der Waals surface area contributed by atoms with Gasteiger partial charge in [-0.1, -0.05) is 84.9 Å². The van der Waals surface area contributed by atoms with Gasteiger partial charge in [-0.25, -0.2) is 4.98 Å². The fourth-order valence-corrected chi connectivity index (χ4v) is 6.95. The van der Waals surface area contributed by atoms with E-state index in [2.05, 4.69) is 111 Å². The fraction of sp³-hybridized carbons (Fsp3) is 0. The zero-order chi connectivity index (χ0) is 30.2. The average molecular weight is 593 g/mol. The van der Waals surface area contributed by atoms with Gasteiger partial charge < -0.3 is 13.7 Å². The van der Waals surface area contributed by atoms with E-state index in [1.165, 1.54) is 21.8 Å². The van der Waals surface area contributed by atoms with E-state index in [1.54, 1.807) is 6.20 Å². The molecular weight excluding hydrogens is 568 g/mol. The molecule has 0 spiro atoms. The average Bonchev–Trinajstić information content (AvgIpc) is 3.77. The Bertz CT molecular complexity index is 2750. The number of para-hydroxylation sites is 5.